The standard InChI is InChI=1S/C14H15N3O/c1-10-9-13(18-16-10)11-5-3-4-6-12(11)14-15-7-8-17(14)2/h3-8,13H,9H2,1-2H3/t13-/m1/s1. The summed E-state index contributed by atoms with van der Waals surface area (Å²) in [6.45, 7) is 1.99. The molecule has 0 unspecified atom stereocenters. The number of oxime groups is 1. The molecule has 18 heavy (non-hydrogen) atoms. The molecule has 0 aliphatic carbocycles. The molecule has 2 heterocycles. The van der Waals surface area contributed by atoms with Crippen molar-refractivity contribution < 1.29 is 4.84 Å². The lowest BCUT2D eigenvalue weighted by molar-refractivity contribution is 0.0861. The van der Waals surface area contributed by atoms with Crippen LogP contribution in [0.25, 0.3) is 11.4 Å². The molecular formula is C14H15N3O. The summed E-state index contributed by atoms with van der Waals surface area (Å²) in [7, 11) is 2.00. The molecule has 2 aromatic rings. The van der Waals surface area contributed by atoms with E-state index in [9.17, 15) is 0 Å². The van der Waals surface area contributed by atoms with Crippen LogP contribution in [0, 0.1) is 0 Å². The van der Waals surface area contributed by atoms with E-state index in [4.69, 9.17) is 4.84 Å². The molecule has 92 valence electrons. The van der Waals surface area contributed by atoms with Crippen LogP contribution < -0.4 is 0 Å². The zero-order valence-corrected chi connectivity index (χ0v) is 10.5. The Kier molecular flexibility index (Phi) is 2.63. The lowest BCUT2D eigenvalue weighted by atomic mass is 9.99. The SMILES string of the molecule is CC1=NO[C@@H](c2ccccc2-c2nccn2C)C1. The van der Waals surface area contributed by atoms with E-state index >= 15 is 0 Å². The highest BCUT2D eigenvalue weighted by Gasteiger charge is 2.24. The molecule has 0 saturated carbocycles. The van der Waals surface area contributed by atoms with Crippen LogP contribution in [0.4, 0.5) is 0 Å². The fraction of sp³-hybridized carbons (Fsp3) is 0.286. The molecule has 0 saturated heterocycles. The average molecular weight is 241 g/mol. The van der Waals surface area contributed by atoms with E-state index < -0.39 is 0 Å². The molecule has 0 spiro atoms. The number of nitrogens with zero attached hydrogens (tertiary/aromatic N) is 3. The molecule has 1 aromatic heterocycles. The quantitative estimate of drug-likeness (QED) is 0.811. The van der Waals surface area contributed by atoms with Crippen molar-refractivity contribution >= 4 is 5.71 Å². The van der Waals surface area contributed by atoms with Gasteiger partial charge in [-0.25, -0.2) is 4.98 Å². The zero-order valence-electron chi connectivity index (χ0n) is 10.5. The summed E-state index contributed by atoms with van der Waals surface area (Å²) in [5, 5.41) is 4.03. The van der Waals surface area contributed by atoms with Gasteiger partial charge in [0, 0.05) is 37.0 Å². The largest absolute Gasteiger partial charge is 0.387 e. The Balaban J connectivity index is 2.04. The highest BCUT2D eigenvalue weighted by Crippen LogP contribution is 2.33. The zero-order chi connectivity index (χ0) is 12.5. The van der Waals surface area contributed by atoms with Crippen molar-refractivity contribution in [1.29, 1.82) is 0 Å². The summed E-state index contributed by atoms with van der Waals surface area (Å²) in [5.74, 6) is 0.957. The van der Waals surface area contributed by atoms with E-state index in [1.165, 1.54) is 0 Å². The van der Waals surface area contributed by atoms with E-state index in [1.54, 1.807) is 0 Å². The molecule has 1 atom stereocenters. The second kappa shape index (κ2) is 4.29. The summed E-state index contributed by atoms with van der Waals surface area (Å²) in [5.41, 5.74) is 3.29. The molecule has 0 fully saturated rings. The molecule has 4 nitrogen and oxygen atoms in total. The van der Waals surface area contributed by atoms with Crippen LogP contribution in [0.3, 0.4) is 0 Å². The Bertz CT molecular complexity index is 601. The Morgan fingerprint density at radius 1 is 1.33 bits per heavy atom. The smallest absolute Gasteiger partial charge is 0.158 e. The third-order valence-electron chi connectivity index (χ3n) is 3.19. The minimum Gasteiger partial charge on any atom is -0.387 e. The van der Waals surface area contributed by atoms with Crippen molar-refractivity contribution in [2.75, 3.05) is 0 Å². The lowest BCUT2D eigenvalue weighted by Crippen LogP contribution is -2.02. The molecular weight excluding hydrogens is 226 g/mol. The predicted octanol–water partition coefficient (Wildman–Crippen LogP) is 2.92. The Morgan fingerprint density at radius 3 is 2.83 bits per heavy atom. The van der Waals surface area contributed by atoms with Gasteiger partial charge in [0.25, 0.3) is 0 Å². The van der Waals surface area contributed by atoms with Crippen molar-refractivity contribution in [3.8, 4) is 11.4 Å². The number of rotatable bonds is 2. The molecule has 1 aliphatic heterocycles. The van der Waals surface area contributed by atoms with E-state index in [1.807, 2.05) is 43.1 Å². The molecule has 3 rings (SSSR count). The van der Waals surface area contributed by atoms with Gasteiger partial charge in [-0.2, -0.15) is 0 Å². The minimum atomic E-state index is 0.0119. The van der Waals surface area contributed by atoms with Crippen molar-refractivity contribution in [3.05, 3.63) is 42.2 Å². The summed E-state index contributed by atoms with van der Waals surface area (Å²) < 4.78 is 2.02. The monoisotopic (exact) mass is 241 g/mol. The molecule has 4 heteroatoms. The number of aryl methyl sites for hydroxylation is 1. The number of imidazole rings is 1. The highest BCUT2D eigenvalue weighted by molar-refractivity contribution is 5.83. The van der Waals surface area contributed by atoms with Gasteiger partial charge in [0.05, 0.1) is 5.71 Å². The van der Waals surface area contributed by atoms with Crippen molar-refractivity contribution in [3.63, 3.8) is 0 Å². The molecule has 0 N–H and O–H groups in total. The maximum absolute atomic E-state index is 5.48. The van der Waals surface area contributed by atoms with E-state index in [0.29, 0.717) is 0 Å². The van der Waals surface area contributed by atoms with Crippen molar-refractivity contribution in [2.24, 2.45) is 12.2 Å². The minimum absolute atomic E-state index is 0.0119. The summed E-state index contributed by atoms with van der Waals surface area (Å²) in [6, 6.07) is 8.21. The van der Waals surface area contributed by atoms with Gasteiger partial charge in [0.15, 0.2) is 6.10 Å². The van der Waals surface area contributed by atoms with E-state index in [0.717, 1.165) is 29.1 Å². The first-order valence-electron chi connectivity index (χ1n) is 6.01. The lowest BCUT2D eigenvalue weighted by Gasteiger charge is -2.13. The second-order valence-corrected chi connectivity index (χ2v) is 4.57. The van der Waals surface area contributed by atoms with Crippen LogP contribution in [-0.2, 0) is 11.9 Å². The summed E-state index contributed by atoms with van der Waals surface area (Å²) >= 11 is 0. The molecule has 0 radical (unpaired) electrons. The van der Waals surface area contributed by atoms with Gasteiger partial charge < -0.3 is 9.40 Å². The summed E-state index contributed by atoms with van der Waals surface area (Å²) in [4.78, 5) is 9.89. The fourth-order valence-corrected chi connectivity index (χ4v) is 2.27. The number of hydrogen-bond donors (Lipinski definition) is 0. The van der Waals surface area contributed by atoms with E-state index in [2.05, 4.69) is 22.3 Å². The van der Waals surface area contributed by atoms with Gasteiger partial charge >= 0.3 is 0 Å². The summed E-state index contributed by atoms with van der Waals surface area (Å²) in [6.07, 6.45) is 4.62. The van der Waals surface area contributed by atoms with Gasteiger partial charge in [-0.3, -0.25) is 0 Å². The van der Waals surface area contributed by atoms with Crippen molar-refractivity contribution in [1.82, 2.24) is 9.55 Å². The maximum Gasteiger partial charge on any atom is 0.158 e. The van der Waals surface area contributed by atoms with Gasteiger partial charge in [-0.05, 0) is 6.92 Å². The Morgan fingerprint density at radius 2 is 2.17 bits per heavy atom. The normalized spacial score (nSPS) is 18.6. The molecule has 1 aromatic carbocycles. The number of hydrogen-bond acceptors (Lipinski definition) is 3. The average Bonchev–Trinajstić information content (AvgIpc) is 2.98. The van der Waals surface area contributed by atoms with Gasteiger partial charge in [-0.1, -0.05) is 29.4 Å². The van der Waals surface area contributed by atoms with Gasteiger partial charge in [0.1, 0.15) is 5.82 Å². The maximum atomic E-state index is 5.48. The van der Waals surface area contributed by atoms with E-state index in [-0.39, 0.29) is 6.10 Å². The van der Waals surface area contributed by atoms with Crippen LogP contribution in [-0.4, -0.2) is 15.3 Å². The first-order chi connectivity index (χ1) is 8.75. The Labute approximate surface area is 106 Å². The highest BCUT2D eigenvalue weighted by atomic mass is 16.6. The van der Waals surface area contributed by atoms with Crippen LogP contribution in [0.1, 0.15) is 25.0 Å². The van der Waals surface area contributed by atoms with Crippen molar-refractivity contribution in [2.45, 2.75) is 19.4 Å². The van der Waals surface area contributed by atoms with Crippen LogP contribution in [0.15, 0.2) is 41.8 Å². The molecule has 0 bridgehead atoms. The first-order valence-corrected chi connectivity index (χ1v) is 6.01. The predicted molar refractivity (Wildman–Crippen MR) is 70.2 cm³/mol. The van der Waals surface area contributed by atoms with Crippen LogP contribution in [0.5, 0.6) is 0 Å². The van der Waals surface area contributed by atoms with Gasteiger partial charge in [-0.15, -0.1) is 0 Å². The van der Waals surface area contributed by atoms with Gasteiger partial charge in [0.2, 0.25) is 0 Å². The molecule has 1 aliphatic rings. The molecule has 0 amide bonds. The Hall–Kier alpha value is -2.10. The number of aromatic nitrogens is 2. The third kappa shape index (κ3) is 1.79. The second-order valence-electron chi connectivity index (χ2n) is 4.57. The number of benzene rings is 1. The third-order valence-corrected chi connectivity index (χ3v) is 3.19. The van der Waals surface area contributed by atoms with Crippen LogP contribution >= 0.6 is 0 Å². The fourth-order valence-electron chi connectivity index (χ4n) is 2.27. The van der Waals surface area contributed by atoms with Crippen LogP contribution in [0.2, 0.25) is 0 Å². The first kappa shape index (κ1) is 11.0. The topological polar surface area (TPSA) is 39.4 Å².